The maximum atomic E-state index is 12.6. The van der Waals surface area contributed by atoms with Gasteiger partial charge in [0.2, 0.25) is 11.8 Å². The number of piperidine rings is 1. The third-order valence-corrected chi connectivity index (χ3v) is 5.39. The Morgan fingerprint density at radius 2 is 1.86 bits per heavy atom. The summed E-state index contributed by atoms with van der Waals surface area (Å²) in [6.45, 7) is 0.156. The van der Waals surface area contributed by atoms with Crippen LogP contribution in [-0.4, -0.2) is 28.4 Å². The predicted molar refractivity (Wildman–Crippen MR) is 105 cm³/mol. The number of benzene rings is 2. The Kier molecular flexibility index (Phi) is 4.80. The zero-order valence-corrected chi connectivity index (χ0v) is 16.7. The van der Waals surface area contributed by atoms with E-state index in [0.717, 1.165) is 5.56 Å². The van der Waals surface area contributed by atoms with Crippen LogP contribution in [0.4, 0.5) is 0 Å². The molecule has 144 valence electrons. The van der Waals surface area contributed by atoms with E-state index in [1.165, 1.54) is 16.6 Å². The van der Waals surface area contributed by atoms with Crippen molar-refractivity contribution in [3.05, 3.63) is 57.0 Å². The molecule has 3 aromatic rings. The third-order valence-electron chi connectivity index (χ3n) is 4.77. The molecule has 4 rings (SSSR count). The second-order valence-corrected chi connectivity index (χ2v) is 7.38. The first-order valence-electron chi connectivity index (χ1n) is 8.80. The molecular formula is C20H17BrN2O5. The zero-order valence-electron chi connectivity index (χ0n) is 15.1. The molecule has 1 aliphatic rings. The first kappa shape index (κ1) is 18.5. The molecule has 0 saturated carbocycles. The number of hydrogen-bond donors (Lipinski definition) is 0. The fourth-order valence-electron chi connectivity index (χ4n) is 3.40. The SMILES string of the molecule is COc1ccc(CN2C(=O)CCCC2=O)cc1-n1c(=O)oc2c(Br)cccc21. The van der Waals surface area contributed by atoms with Gasteiger partial charge in [0.25, 0.3) is 0 Å². The molecule has 0 unspecified atom stereocenters. The summed E-state index contributed by atoms with van der Waals surface area (Å²) in [5.74, 6) is -0.431. The fourth-order valence-corrected chi connectivity index (χ4v) is 3.84. The lowest BCUT2D eigenvalue weighted by Crippen LogP contribution is -2.39. The van der Waals surface area contributed by atoms with Crippen LogP contribution < -0.4 is 10.5 Å². The summed E-state index contributed by atoms with van der Waals surface area (Å²) in [6, 6.07) is 10.6. The largest absolute Gasteiger partial charge is 0.495 e. The van der Waals surface area contributed by atoms with Crippen LogP contribution in [0.1, 0.15) is 24.8 Å². The van der Waals surface area contributed by atoms with Crippen molar-refractivity contribution >= 4 is 38.8 Å². The highest BCUT2D eigenvalue weighted by Crippen LogP contribution is 2.30. The highest BCUT2D eigenvalue weighted by Gasteiger charge is 2.26. The van der Waals surface area contributed by atoms with Gasteiger partial charge in [0, 0.05) is 12.8 Å². The molecule has 0 N–H and O–H groups in total. The number of oxazole rings is 1. The molecule has 1 aliphatic heterocycles. The van der Waals surface area contributed by atoms with Gasteiger partial charge in [-0.3, -0.25) is 14.5 Å². The van der Waals surface area contributed by atoms with E-state index in [9.17, 15) is 14.4 Å². The minimum atomic E-state index is -0.553. The zero-order chi connectivity index (χ0) is 19.8. The average molecular weight is 445 g/mol. The summed E-state index contributed by atoms with van der Waals surface area (Å²) in [7, 11) is 1.51. The maximum Gasteiger partial charge on any atom is 0.424 e. The standard InChI is InChI=1S/C20H17BrN2O5/c1-27-16-9-8-12(11-22-17(24)6-3-7-18(22)25)10-15(16)23-14-5-2-4-13(21)19(14)28-20(23)26/h2,4-5,8-10H,3,6-7,11H2,1H3. The van der Waals surface area contributed by atoms with E-state index in [2.05, 4.69) is 15.9 Å². The van der Waals surface area contributed by atoms with Crippen LogP contribution in [0.2, 0.25) is 0 Å². The summed E-state index contributed by atoms with van der Waals surface area (Å²) >= 11 is 3.39. The van der Waals surface area contributed by atoms with Crippen molar-refractivity contribution < 1.29 is 18.7 Å². The predicted octanol–water partition coefficient (Wildman–Crippen LogP) is 3.39. The second kappa shape index (κ2) is 7.27. The summed E-state index contributed by atoms with van der Waals surface area (Å²) < 4.78 is 12.9. The second-order valence-electron chi connectivity index (χ2n) is 6.52. The Hall–Kier alpha value is -2.87. The molecule has 0 aliphatic carbocycles. The highest BCUT2D eigenvalue weighted by atomic mass is 79.9. The molecule has 2 amide bonds. The molecule has 8 heteroatoms. The van der Waals surface area contributed by atoms with Crippen LogP contribution in [0.3, 0.4) is 0 Å². The number of aromatic nitrogens is 1. The number of methoxy groups -OCH3 is 1. The average Bonchev–Trinajstić information content (AvgIpc) is 3.02. The van der Waals surface area contributed by atoms with Crippen LogP contribution >= 0.6 is 15.9 Å². The number of carbonyl (C=O) groups is 2. The number of nitrogens with zero attached hydrogens (tertiary/aromatic N) is 2. The lowest BCUT2D eigenvalue weighted by atomic mass is 10.1. The molecule has 0 bridgehead atoms. The van der Waals surface area contributed by atoms with Crippen molar-refractivity contribution in [2.45, 2.75) is 25.8 Å². The van der Waals surface area contributed by atoms with E-state index < -0.39 is 5.76 Å². The minimum Gasteiger partial charge on any atom is -0.495 e. The van der Waals surface area contributed by atoms with Gasteiger partial charge in [0.15, 0.2) is 5.58 Å². The smallest absolute Gasteiger partial charge is 0.424 e. The van der Waals surface area contributed by atoms with Crippen molar-refractivity contribution in [1.29, 1.82) is 0 Å². The molecule has 1 fully saturated rings. The molecule has 7 nitrogen and oxygen atoms in total. The van der Waals surface area contributed by atoms with Gasteiger partial charge < -0.3 is 9.15 Å². The number of fused-ring (bicyclic) bond motifs is 1. The Balaban J connectivity index is 1.82. The van der Waals surface area contributed by atoms with E-state index in [0.29, 0.717) is 46.3 Å². The number of para-hydroxylation sites is 1. The number of amides is 2. The number of rotatable bonds is 4. The number of carbonyl (C=O) groups excluding carboxylic acids is 2. The van der Waals surface area contributed by atoms with Crippen molar-refractivity contribution in [2.75, 3.05) is 7.11 Å². The van der Waals surface area contributed by atoms with E-state index in [1.807, 2.05) is 0 Å². The molecular weight excluding hydrogens is 428 g/mol. The summed E-state index contributed by atoms with van der Waals surface area (Å²) in [5.41, 5.74) is 2.22. The molecule has 0 spiro atoms. The Bertz CT molecular complexity index is 1130. The molecule has 0 atom stereocenters. The number of halogens is 1. The van der Waals surface area contributed by atoms with Gasteiger partial charge in [-0.2, -0.15) is 0 Å². The molecule has 1 saturated heterocycles. The van der Waals surface area contributed by atoms with Crippen LogP contribution in [0.25, 0.3) is 16.8 Å². The van der Waals surface area contributed by atoms with E-state index in [-0.39, 0.29) is 18.4 Å². The van der Waals surface area contributed by atoms with Gasteiger partial charge in [-0.05, 0) is 52.2 Å². The topological polar surface area (TPSA) is 81.8 Å². The molecule has 28 heavy (non-hydrogen) atoms. The Morgan fingerprint density at radius 1 is 1.11 bits per heavy atom. The number of likely N-dealkylation sites (tertiary alicyclic amines) is 1. The van der Waals surface area contributed by atoms with E-state index in [1.54, 1.807) is 36.4 Å². The molecule has 2 aromatic carbocycles. The van der Waals surface area contributed by atoms with Crippen LogP contribution in [-0.2, 0) is 16.1 Å². The van der Waals surface area contributed by atoms with Crippen LogP contribution in [0.15, 0.2) is 50.1 Å². The molecule has 0 radical (unpaired) electrons. The lowest BCUT2D eigenvalue weighted by Gasteiger charge is -2.25. The van der Waals surface area contributed by atoms with Gasteiger partial charge in [0.1, 0.15) is 5.75 Å². The number of ether oxygens (including phenoxy) is 1. The van der Waals surface area contributed by atoms with Gasteiger partial charge in [-0.1, -0.05) is 12.1 Å². The van der Waals surface area contributed by atoms with Crippen molar-refractivity contribution in [1.82, 2.24) is 9.47 Å². The first-order chi connectivity index (χ1) is 13.5. The monoisotopic (exact) mass is 444 g/mol. The number of hydrogen-bond acceptors (Lipinski definition) is 5. The molecule has 2 heterocycles. The normalized spacial score (nSPS) is 14.7. The first-order valence-corrected chi connectivity index (χ1v) is 9.59. The van der Waals surface area contributed by atoms with Crippen LogP contribution in [0.5, 0.6) is 5.75 Å². The summed E-state index contributed by atoms with van der Waals surface area (Å²) in [4.78, 5) is 38.1. The fraction of sp³-hybridized carbons (Fsp3) is 0.250. The highest BCUT2D eigenvalue weighted by molar-refractivity contribution is 9.10. The van der Waals surface area contributed by atoms with E-state index >= 15 is 0 Å². The van der Waals surface area contributed by atoms with Crippen molar-refractivity contribution in [2.24, 2.45) is 0 Å². The van der Waals surface area contributed by atoms with Crippen LogP contribution in [0, 0.1) is 0 Å². The van der Waals surface area contributed by atoms with Gasteiger partial charge in [0.05, 0.1) is 29.3 Å². The number of imide groups is 1. The van der Waals surface area contributed by atoms with Gasteiger partial charge in [-0.15, -0.1) is 0 Å². The van der Waals surface area contributed by atoms with Gasteiger partial charge in [-0.25, -0.2) is 9.36 Å². The summed E-state index contributed by atoms with van der Waals surface area (Å²) in [5, 5.41) is 0. The Morgan fingerprint density at radius 3 is 2.57 bits per heavy atom. The van der Waals surface area contributed by atoms with E-state index in [4.69, 9.17) is 9.15 Å². The van der Waals surface area contributed by atoms with Gasteiger partial charge >= 0.3 is 5.76 Å². The lowest BCUT2D eigenvalue weighted by molar-refractivity contribution is -0.148. The Labute approximate surface area is 168 Å². The third kappa shape index (κ3) is 3.13. The molecule has 1 aromatic heterocycles. The quantitative estimate of drug-likeness (QED) is 0.576. The van der Waals surface area contributed by atoms with Crippen molar-refractivity contribution in [3.8, 4) is 11.4 Å². The maximum absolute atomic E-state index is 12.6. The minimum absolute atomic E-state index is 0.156. The summed E-state index contributed by atoms with van der Waals surface area (Å²) in [6.07, 6.45) is 1.33. The van der Waals surface area contributed by atoms with Crippen molar-refractivity contribution in [3.63, 3.8) is 0 Å².